The Bertz CT molecular complexity index is 850. The number of hydrogen-bond acceptors (Lipinski definition) is 4. The maximum Gasteiger partial charge on any atom is 0.191 e. The molecule has 1 saturated heterocycles. The average Bonchev–Trinajstić information content (AvgIpc) is 2.79. The predicted octanol–water partition coefficient (Wildman–Crippen LogP) is 3.49. The van der Waals surface area contributed by atoms with Crippen molar-refractivity contribution in [2.45, 2.75) is 45.4 Å². The molecule has 3 N–H and O–H groups in total. The molecule has 2 aromatic rings. The Morgan fingerprint density at radius 3 is 2.44 bits per heavy atom. The highest BCUT2D eigenvalue weighted by molar-refractivity contribution is 14.0. The molecule has 0 amide bonds. The monoisotopic (exact) mass is 552 g/mol. The van der Waals surface area contributed by atoms with Crippen LogP contribution in [0.2, 0.25) is 0 Å². The number of aryl methyl sites for hydroxylation is 1. The van der Waals surface area contributed by atoms with Crippen molar-refractivity contribution in [3.8, 4) is 5.75 Å². The fraction of sp³-hybridized carbons (Fsp3) is 0.480. The molecule has 0 spiro atoms. The van der Waals surface area contributed by atoms with Crippen molar-refractivity contribution >= 4 is 29.9 Å². The number of aliphatic hydroxyl groups is 1. The molecule has 7 heteroatoms. The SMILES string of the molecule is CN=C(NCCc1cc(C)ccc1OC)NCc1ccc(CN2CCC(O)CC2)cc1.I. The summed E-state index contributed by atoms with van der Waals surface area (Å²) in [4.78, 5) is 6.74. The summed E-state index contributed by atoms with van der Waals surface area (Å²) >= 11 is 0. The van der Waals surface area contributed by atoms with E-state index in [1.54, 1.807) is 14.2 Å². The van der Waals surface area contributed by atoms with Crippen molar-refractivity contribution in [1.29, 1.82) is 0 Å². The van der Waals surface area contributed by atoms with Crippen molar-refractivity contribution in [2.24, 2.45) is 4.99 Å². The minimum atomic E-state index is -0.119. The quantitative estimate of drug-likeness (QED) is 0.266. The third-order valence-corrected chi connectivity index (χ3v) is 5.79. The van der Waals surface area contributed by atoms with Gasteiger partial charge in [0.2, 0.25) is 0 Å². The van der Waals surface area contributed by atoms with Gasteiger partial charge in [0.1, 0.15) is 5.75 Å². The van der Waals surface area contributed by atoms with E-state index in [0.29, 0.717) is 0 Å². The van der Waals surface area contributed by atoms with Crippen LogP contribution in [-0.4, -0.2) is 55.9 Å². The number of aliphatic imine (C=N–C) groups is 1. The number of nitrogens with one attached hydrogen (secondary N) is 2. The first-order valence-corrected chi connectivity index (χ1v) is 11.1. The van der Waals surface area contributed by atoms with Crippen LogP contribution in [0.15, 0.2) is 47.5 Å². The summed E-state index contributed by atoms with van der Waals surface area (Å²) in [5.41, 5.74) is 4.97. The van der Waals surface area contributed by atoms with Gasteiger partial charge in [0.05, 0.1) is 13.2 Å². The van der Waals surface area contributed by atoms with Crippen LogP contribution in [-0.2, 0) is 19.5 Å². The molecule has 0 radical (unpaired) electrons. The van der Waals surface area contributed by atoms with Crippen molar-refractivity contribution in [3.05, 3.63) is 64.7 Å². The number of rotatable bonds is 8. The van der Waals surface area contributed by atoms with Crippen LogP contribution in [0.25, 0.3) is 0 Å². The van der Waals surface area contributed by atoms with Crippen LogP contribution in [0.4, 0.5) is 0 Å². The molecule has 0 saturated carbocycles. The van der Waals surface area contributed by atoms with Crippen molar-refractivity contribution in [3.63, 3.8) is 0 Å². The van der Waals surface area contributed by atoms with Gasteiger partial charge < -0.3 is 20.5 Å². The number of likely N-dealkylation sites (tertiary alicyclic amines) is 1. The number of halogens is 1. The minimum Gasteiger partial charge on any atom is -0.496 e. The van der Waals surface area contributed by atoms with Gasteiger partial charge in [-0.3, -0.25) is 9.89 Å². The van der Waals surface area contributed by atoms with Gasteiger partial charge in [-0.15, -0.1) is 24.0 Å². The van der Waals surface area contributed by atoms with Crippen LogP contribution in [0.3, 0.4) is 0 Å². The highest BCUT2D eigenvalue weighted by Crippen LogP contribution is 2.19. The van der Waals surface area contributed by atoms with E-state index in [1.807, 2.05) is 6.07 Å². The number of piperidine rings is 1. The second-order valence-corrected chi connectivity index (χ2v) is 8.24. The summed E-state index contributed by atoms with van der Waals surface area (Å²) in [5, 5.41) is 16.4. The first-order chi connectivity index (χ1) is 15.1. The van der Waals surface area contributed by atoms with Crippen molar-refractivity contribution < 1.29 is 9.84 Å². The van der Waals surface area contributed by atoms with E-state index in [-0.39, 0.29) is 30.1 Å². The van der Waals surface area contributed by atoms with Gasteiger partial charge in [-0.25, -0.2) is 0 Å². The molecule has 0 bridgehead atoms. The first-order valence-electron chi connectivity index (χ1n) is 11.1. The molecule has 3 rings (SSSR count). The fourth-order valence-corrected chi connectivity index (χ4v) is 3.92. The molecule has 1 aliphatic heterocycles. The van der Waals surface area contributed by atoms with E-state index >= 15 is 0 Å². The Hall–Kier alpha value is -1.84. The van der Waals surface area contributed by atoms with E-state index in [2.05, 4.69) is 63.8 Å². The highest BCUT2D eigenvalue weighted by atomic mass is 127. The molecular weight excluding hydrogens is 515 g/mol. The van der Waals surface area contributed by atoms with Gasteiger partial charge >= 0.3 is 0 Å². The standard InChI is InChI=1S/C25H36N4O2.HI/c1-19-4-9-24(31-3)22(16-19)10-13-27-25(26-2)28-17-20-5-7-21(8-6-20)18-29-14-11-23(30)12-15-29;/h4-9,16,23,30H,10-15,17-18H2,1-3H3,(H2,26,27,28);1H. The molecule has 6 nitrogen and oxygen atoms in total. The fourth-order valence-electron chi connectivity index (χ4n) is 3.92. The van der Waals surface area contributed by atoms with Gasteiger partial charge in [-0.2, -0.15) is 0 Å². The van der Waals surface area contributed by atoms with E-state index in [0.717, 1.165) is 63.7 Å². The Labute approximate surface area is 209 Å². The summed E-state index contributed by atoms with van der Waals surface area (Å²) in [6, 6.07) is 15.0. The molecule has 1 fully saturated rings. The molecule has 0 unspecified atom stereocenters. The summed E-state index contributed by atoms with van der Waals surface area (Å²) in [7, 11) is 3.51. The lowest BCUT2D eigenvalue weighted by atomic mass is 10.1. The van der Waals surface area contributed by atoms with Crippen LogP contribution < -0.4 is 15.4 Å². The zero-order valence-electron chi connectivity index (χ0n) is 19.4. The second kappa shape index (κ2) is 13.6. The van der Waals surface area contributed by atoms with E-state index < -0.39 is 0 Å². The summed E-state index contributed by atoms with van der Waals surface area (Å²) in [5.74, 6) is 1.72. The summed E-state index contributed by atoms with van der Waals surface area (Å²) < 4.78 is 5.46. The Morgan fingerprint density at radius 1 is 1.09 bits per heavy atom. The van der Waals surface area contributed by atoms with E-state index in [4.69, 9.17) is 4.74 Å². The van der Waals surface area contributed by atoms with Crippen LogP contribution in [0, 0.1) is 6.92 Å². The summed E-state index contributed by atoms with van der Waals surface area (Å²) in [6.07, 6.45) is 2.51. The molecule has 1 heterocycles. The molecule has 32 heavy (non-hydrogen) atoms. The van der Waals surface area contributed by atoms with Gasteiger partial charge in [0, 0.05) is 39.8 Å². The van der Waals surface area contributed by atoms with Gasteiger partial charge in [-0.1, -0.05) is 42.0 Å². The molecule has 2 aromatic carbocycles. The zero-order chi connectivity index (χ0) is 22.1. The molecule has 0 aromatic heterocycles. The maximum atomic E-state index is 9.65. The normalized spacial score (nSPS) is 15.2. The third kappa shape index (κ3) is 8.26. The largest absolute Gasteiger partial charge is 0.496 e. The van der Waals surface area contributed by atoms with E-state index in [9.17, 15) is 5.11 Å². The van der Waals surface area contributed by atoms with Gasteiger partial charge in [0.25, 0.3) is 0 Å². The van der Waals surface area contributed by atoms with Crippen LogP contribution in [0.1, 0.15) is 35.1 Å². The Balaban J connectivity index is 0.00000363. The smallest absolute Gasteiger partial charge is 0.191 e. The number of methoxy groups -OCH3 is 1. The van der Waals surface area contributed by atoms with Gasteiger partial charge in [-0.05, 0) is 48.9 Å². The van der Waals surface area contributed by atoms with Crippen LogP contribution >= 0.6 is 24.0 Å². The maximum absolute atomic E-state index is 9.65. The van der Waals surface area contributed by atoms with Gasteiger partial charge in [0.15, 0.2) is 5.96 Å². The molecule has 176 valence electrons. The third-order valence-electron chi connectivity index (χ3n) is 5.79. The summed E-state index contributed by atoms with van der Waals surface area (Å²) in [6.45, 7) is 6.50. The lowest BCUT2D eigenvalue weighted by molar-refractivity contribution is 0.0792. The molecule has 0 atom stereocenters. The number of hydrogen-bond donors (Lipinski definition) is 3. The zero-order valence-corrected chi connectivity index (χ0v) is 21.8. The average molecular weight is 553 g/mol. The minimum absolute atomic E-state index is 0. The van der Waals surface area contributed by atoms with Crippen molar-refractivity contribution in [2.75, 3.05) is 33.8 Å². The highest BCUT2D eigenvalue weighted by Gasteiger charge is 2.16. The molecular formula is C25H37IN4O2. The van der Waals surface area contributed by atoms with E-state index in [1.165, 1.54) is 22.3 Å². The Morgan fingerprint density at radius 2 is 1.78 bits per heavy atom. The number of benzene rings is 2. The number of ether oxygens (including phenoxy) is 1. The number of nitrogens with zero attached hydrogens (tertiary/aromatic N) is 2. The lowest BCUT2D eigenvalue weighted by Gasteiger charge is -2.29. The number of aliphatic hydroxyl groups excluding tert-OH is 1. The molecule has 1 aliphatic rings. The second-order valence-electron chi connectivity index (χ2n) is 8.24. The first kappa shape index (κ1) is 26.4. The molecule has 0 aliphatic carbocycles. The van der Waals surface area contributed by atoms with Crippen molar-refractivity contribution in [1.82, 2.24) is 15.5 Å². The lowest BCUT2D eigenvalue weighted by Crippen LogP contribution is -2.37. The van der Waals surface area contributed by atoms with Crippen LogP contribution in [0.5, 0.6) is 5.75 Å². The topological polar surface area (TPSA) is 69.1 Å². The predicted molar refractivity (Wildman–Crippen MR) is 142 cm³/mol. The Kier molecular flexibility index (Phi) is 11.3. The number of guanidine groups is 1.